The van der Waals surface area contributed by atoms with E-state index in [1.54, 1.807) is 78.9 Å². The van der Waals surface area contributed by atoms with Crippen molar-refractivity contribution in [2.45, 2.75) is 0 Å². The van der Waals surface area contributed by atoms with Crippen LogP contribution in [-0.2, 0) is 0 Å². The molecule has 0 N–H and O–H groups in total. The van der Waals surface area contributed by atoms with Gasteiger partial charge in [0.05, 0.1) is 17.8 Å². The standard InChI is InChI=1S/C42H26O/c1-2-13-27(14-3-1)37-26-29(25-28-15-4-5-16-30(28)37)40-31-17-6-8-19-33(31)41(34-20-9-7-18-32(34)40)36-22-12-24-39-42(36)35-21-10-11-23-38(35)43-39/h1-26H/i4D,5D,10D,11D,12D,15D,16D,21D,22D,23D,24D,25D,26D. The quantitative estimate of drug-likeness (QED) is 0.196. The van der Waals surface area contributed by atoms with Gasteiger partial charge in [0.15, 0.2) is 0 Å². The van der Waals surface area contributed by atoms with Crippen molar-refractivity contribution in [2.75, 3.05) is 0 Å². The fourth-order valence-electron chi connectivity index (χ4n) is 6.10. The molecule has 0 bridgehead atoms. The molecule has 1 heterocycles. The monoisotopic (exact) mass is 559 g/mol. The molecule has 1 heteroatoms. The molecule has 200 valence electrons. The summed E-state index contributed by atoms with van der Waals surface area (Å²) in [6.45, 7) is 0. The van der Waals surface area contributed by atoms with E-state index in [1.165, 1.54) is 0 Å². The molecule has 9 rings (SSSR count). The molecule has 0 saturated heterocycles. The molecule has 1 aromatic heterocycles. The van der Waals surface area contributed by atoms with E-state index in [9.17, 15) is 4.11 Å². The summed E-state index contributed by atoms with van der Waals surface area (Å²) in [6, 6.07) is 17.6. The minimum absolute atomic E-state index is 0.0294. The Morgan fingerprint density at radius 2 is 1.02 bits per heavy atom. The van der Waals surface area contributed by atoms with Crippen LogP contribution in [0.2, 0.25) is 0 Å². The van der Waals surface area contributed by atoms with Gasteiger partial charge in [0.2, 0.25) is 0 Å². The fraction of sp³-hybridized carbons (Fsp3) is 0. The summed E-state index contributed by atoms with van der Waals surface area (Å²) in [5.74, 6) is 0. The number of hydrogen-bond acceptors (Lipinski definition) is 1. The maximum atomic E-state index is 9.82. The average molecular weight is 560 g/mol. The van der Waals surface area contributed by atoms with E-state index >= 15 is 0 Å². The van der Waals surface area contributed by atoms with Crippen LogP contribution in [0.3, 0.4) is 0 Å². The van der Waals surface area contributed by atoms with E-state index in [0.29, 0.717) is 38.2 Å². The predicted octanol–water partition coefficient (Wildman–Crippen LogP) is 12.0. The first-order chi connectivity index (χ1) is 26.8. The van der Waals surface area contributed by atoms with Gasteiger partial charge < -0.3 is 4.42 Å². The summed E-state index contributed by atoms with van der Waals surface area (Å²) in [4.78, 5) is 0. The van der Waals surface area contributed by atoms with E-state index in [2.05, 4.69) is 0 Å². The molecule has 9 aromatic rings. The second-order valence-electron chi connectivity index (χ2n) is 10.2. The Labute approximate surface area is 267 Å². The number of hydrogen-bond donors (Lipinski definition) is 0. The van der Waals surface area contributed by atoms with Gasteiger partial charge in [-0.15, -0.1) is 0 Å². The lowest BCUT2D eigenvalue weighted by Crippen LogP contribution is -1.92. The van der Waals surface area contributed by atoms with Gasteiger partial charge in [0, 0.05) is 10.8 Å². The Bertz CT molecular complexity index is 3170. The molecule has 0 spiro atoms. The van der Waals surface area contributed by atoms with Gasteiger partial charge in [0.1, 0.15) is 11.2 Å². The summed E-state index contributed by atoms with van der Waals surface area (Å²) in [5, 5.41) is 2.07. The number of benzene rings is 8. The zero-order chi connectivity index (χ0) is 39.6. The van der Waals surface area contributed by atoms with E-state index in [0.717, 1.165) is 0 Å². The van der Waals surface area contributed by atoms with Crippen LogP contribution in [-0.4, -0.2) is 0 Å². The summed E-state index contributed by atoms with van der Waals surface area (Å²) in [5.41, 5.74) is 1.43. The zero-order valence-electron chi connectivity index (χ0n) is 35.4. The van der Waals surface area contributed by atoms with Gasteiger partial charge in [-0.3, -0.25) is 0 Å². The highest BCUT2D eigenvalue weighted by atomic mass is 16.3. The SMILES string of the molecule is [2H]c1c([2H])c([2H])c2c(oc3c([2H])c([2H])c([2H])c(-c4c5ccccc5c(-c5c([2H])c(-c6ccccc6)c6c([2H])c([2H])c([2H])c([2H])c6c5[2H])c5ccccc45)c32)c1[2H]. The molecule has 0 atom stereocenters. The summed E-state index contributed by atoms with van der Waals surface area (Å²) in [7, 11) is 0. The van der Waals surface area contributed by atoms with Crippen molar-refractivity contribution in [1.29, 1.82) is 0 Å². The first-order valence-electron chi connectivity index (χ1n) is 20.2. The largest absolute Gasteiger partial charge is 0.456 e. The Morgan fingerprint density at radius 1 is 0.419 bits per heavy atom. The van der Waals surface area contributed by atoms with E-state index in [-0.39, 0.29) is 73.6 Å². The molecular weight excluding hydrogens is 520 g/mol. The van der Waals surface area contributed by atoms with Crippen molar-refractivity contribution in [2.24, 2.45) is 0 Å². The second-order valence-corrected chi connectivity index (χ2v) is 10.2. The molecule has 43 heavy (non-hydrogen) atoms. The third-order valence-corrected chi connectivity index (χ3v) is 7.88. The minimum Gasteiger partial charge on any atom is -0.456 e. The van der Waals surface area contributed by atoms with Crippen LogP contribution in [0.15, 0.2) is 162 Å². The number of para-hydroxylation sites is 1. The zero-order valence-corrected chi connectivity index (χ0v) is 22.4. The lowest BCUT2D eigenvalue weighted by molar-refractivity contribution is 0.669. The highest BCUT2D eigenvalue weighted by Gasteiger charge is 2.20. The van der Waals surface area contributed by atoms with Crippen LogP contribution in [0.25, 0.3) is 87.6 Å². The normalized spacial score (nSPS) is 16.0. The summed E-state index contributed by atoms with van der Waals surface area (Å²) in [6.07, 6.45) is 0. The van der Waals surface area contributed by atoms with Crippen molar-refractivity contribution in [3.05, 3.63) is 157 Å². The van der Waals surface area contributed by atoms with Crippen LogP contribution in [0, 0.1) is 0 Å². The van der Waals surface area contributed by atoms with Gasteiger partial charge in [-0.25, -0.2) is 0 Å². The van der Waals surface area contributed by atoms with Crippen molar-refractivity contribution in [3.63, 3.8) is 0 Å². The van der Waals surface area contributed by atoms with Gasteiger partial charge in [-0.2, -0.15) is 0 Å². The average Bonchev–Trinajstić information content (AvgIpc) is 3.61. The predicted molar refractivity (Wildman–Crippen MR) is 183 cm³/mol. The van der Waals surface area contributed by atoms with E-state index < -0.39 is 54.4 Å². The van der Waals surface area contributed by atoms with E-state index in [4.69, 9.17) is 18.1 Å². The molecule has 0 aliphatic rings. The molecule has 8 aromatic carbocycles. The van der Waals surface area contributed by atoms with Crippen molar-refractivity contribution >= 4 is 54.3 Å². The van der Waals surface area contributed by atoms with Crippen molar-refractivity contribution in [1.82, 2.24) is 0 Å². The van der Waals surface area contributed by atoms with Crippen LogP contribution in [0.4, 0.5) is 0 Å². The third kappa shape index (κ3) is 3.65. The first kappa shape index (κ1) is 14.5. The van der Waals surface area contributed by atoms with E-state index in [1.807, 2.05) is 0 Å². The lowest BCUT2D eigenvalue weighted by Gasteiger charge is -2.19. The summed E-state index contributed by atoms with van der Waals surface area (Å²) >= 11 is 0. The topological polar surface area (TPSA) is 13.1 Å². The third-order valence-electron chi connectivity index (χ3n) is 7.88. The Hall–Kier alpha value is -5.66. The maximum absolute atomic E-state index is 9.82. The Morgan fingerprint density at radius 3 is 1.77 bits per heavy atom. The van der Waals surface area contributed by atoms with Crippen molar-refractivity contribution < 1.29 is 22.2 Å². The highest BCUT2D eigenvalue weighted by molar-refractivity contribution is 6.26. The molecule has 0 aliphatic carbocycles. The van der Waals surface area contributed by atoms with Gasteiger partial charge in [0.25, 0.3) is 0 Å². The molecule has 0 saturated carbocycles. The first-order valence-corrected chi connectivity index (χ1v) is 13.7. The molecular formula is C42H26O. The summed E-state index contributed by atoms with van der Waals surface area (Å²) < 4.78 is 122. The molecule has 1 nitrogen and oxygen atoms in total. The lowest BCUT2D eigenvalue weighted by atomic mass is 9.83. The Balaban J connectivity index is 1.53. The Kier molecular flexibility index (Phi) is 3.18. The van der Waals surface area contributed by atoms with Crippen LogP contribution >= 0.6 is 0 Å². The van der Waals surface area contributed by atoms with Crippen LogP contribution < -0.4 is 0 Å². The smallest absolute Gasteiger partial charge is 0.136 e. The maximum Gasteiger partial charge on any atom is 0.136 e. The van der Waals surface area contributed by atoms with Gasteiger partial charge >= 0.3 is 0 Å². The molecule has 0 aliphatic heterocycles. The van der Waals surface area contributed by atoms with Gasteiger partial charge in [-0.05, 0) is 89.9 Å². The fourth-order valence-corrected chi connectivity index (χ4v) is 6.10. The van der Waals surface area contributed by atoms with Crippen LogP contribution in [0.1, 0.15) is 17.8 Å². The molecule has 0 amide bonds. The second kappa shape index (κ2) is 9.44. The molecule has 0 unspecified atom stereocenters. The van der Waals surface area contributed by atoms with Crippen LogP contribution in [0.5, 0.6) is 0 Å². The minimum atomic E-state index is -0.528. The molecule has 0 radical (unpaired) electrons. The van der Waals surface area contributed by atoms with Gasteiger partial charge in [-0.1, -0.05) is 133 Å². The number of furan rings is 1. The molecule has 0 fully saturated rings. The number of fused-ring (bicyclic) bond motifs is 6. The number of rotatable bonds is 3. The van der Waals surface area contributed by atoms with Crippen molar-refractivity contribution in [3.8, 4) is 33.4 Å². The highest BCUT2D eigenvalue weighted by Crippen LogP contribution is 2.47.